The molecule has 3 rings (SSSR count). The Morgan fingerprint density at radius 3 is 2.45 bits per heavy atom. The van der Waals surface area contributed by atoms with Gasteiger partial charge in [-0.25, -0.2) is 8.42 Å². The van der Waals surface area contributed by atoms with Crippen molar-refractivity contribution in [1.29, 1.82) is 0 Å². The van der Waals surface area contributed by atoms with Gasteiger partial charge in [0.05, 0.1) is 16.6 Å². The Bertz CT molecular complexity index is 1130. The van der Waals surface area contributed by atoms with Crippen LogP contribution < -0.4 is 5.32 Å². The Labute approximate surface area is 205 Å². The molecule has 0 radical (unpaired) electrons. The van der Waals surface area contributed by atoms with Crippen molar-refractivity contribution in [3.8, 4) is 0 Å². The van der Waals surface area contributed by atoms with Gasteiger partial charge in [-0.1, -0.05) is 53.5 Å². The maximum Gasteiger partial charge on any atom is 0.244 e. The van der Waals surface area contributed by atoms with E-state index in [2.05, 4.69) is 10.3 Å². The van der Waals surface area contributed by atoms with Crippen LogP contribution in [0.1, 0.15) is 31.4 Å². The smallest absolute Gasteiger partial charge is 0.244 e. The second kappa shape index (κ2) is 10.9. The van der Waals surface area contributed by atoms with Gasteiger partial charge in [0.1, 0.15) is 10.7 Å². The van der Waals surface area contributed by atoms with Crippen molar-refractivity contribution in [2.24, 2.45) is 4.99 Å². The number of sulfonamides is 1. The molecule has 0 aliphatic carbocycles. The van der Waals surface area contributed by atoms with Crippen LogP contribution in [-0.2, 0) is 21.4 Å². The van der Waals surface area contributed by atoms with E-state index in [1.807, 2.05) is 24.3 Å². The van der Waals surface area contributed by atoms with Crippen LogP contribution in [0.3, 0.4) is 0 Å². The van der Waals surface area contributed by atoms with Crippen molar-refractivity contribution in [1.82, 2.24) is 14.5 Å². The summed E-state index contributed by atoms with van der Waals surface area (Å²) in [4.78, 5) is 18.7. The topological polar surface area (TPSA) is 82.1 Å². The largest absolute Gasteiger partial charge is 0.368 e. The fraction of sp³-hybridized carbons (Fsp3) is 0.391. The Morgan fingerprint density at radius 1 is 1.15 bits per heavy atom. The molecule has 0 spiro atoms. The zero-order valence-corrected chi connectivity index (χ0v) is 21.2. The first kappa shape index (κ1) is 25.5. The SMILES string of the molecule is CC(C)N(CCC(=O)N(C)Cc1ccc(C2=NCCN2)cc1)S(=O)(=O)c1cccc(Cl)c1Cl. The molecule has 1 aliphatic heterocycles. The number of hydrogen-bond acceptors (Lipinski definition) is 5. The van der Waals surface area contributed by atoms with E-state index in [1.54, 1.807) is 31.9 Å². The first-order valence-corrected chi connectivity index (χ1v) is 12.9. The molecule has 178 valence electrons. The third-order valence-corrected chi connectivity index (χ3v) is 8.42. The lowest BCUT2D eigenvalue weighted by atomic mass is 10.1. The summed E-state index contributed by atoms with van der Waals surface area (Å²) in [6.45, 7) is 5.61. The lowest BCUT2D eigenvalue weighted by molar-refractivity contribution is -0.130. The second-order valence-corrected chi connectivity index (χ2v) is 10.8. The molecule has 1 N–H and O–H groups in total. The number of carbonyl (C=O) groups excluding carboxylic acids is 1. The Morgan fingerprint density at radius 2 is 1.85 bits per heavy atom. The van der Waals surface area contributed by atoms with Gasteiger partial charge in [-0.2, -0.15) is 4.31 Å². The highest BCUT2D eigenvalue weighted by atomic mass is 35.5. The summed E-state index contributed by atoms with van der Waals surface area (Å²) in [7, 11) is -2.21. The second-order valence-electron chi connectivity index (χ2n) is 8.12. The van der Waals surface area contributed by atoms with Gasteiger partial charge >= 0.3 is 0 Å². The minimum Gasteiger partial charge on any atom is -0.368 e. The van der Waals surface area contributed by atoms with Gasteiger partial charge in [-0.3, -0.25) is 9.79 Å². The number of hydrogen-bond donors (Lipinski definition) is 1. The molecule has 2 aromatic rings. The monoisotopic (exact) mass is 510 g/mol. The summed E-state index contributed by atoms with van der Waals surface area (Å²) >= 11 is 12.2. The summed E-state index contributed by atoms with van der Waals surface area (Å²) in [6.07, 6.45) is 0.0465. The zero-order valence-electron chi connectivity index (χ0n) is 18.9. The summed E-state index contributed by atoms with van der Waals surface area (Å²) in [6, 6.07) is 12.0. The molecule has 0 aromatic heterocycles. The van der Waals surface area contributed by atoms with E-state index in [9.17, 15) is 13.2 Å². The Kier molecular flexibility index (Phi) is 8.39. The average molecular weight is 511 g/mol. The summed E-state index contributed by atoms with van der Waals surface area (Å²) in [5, 5.41) is 3.38. The van der Waals surface area contributed by atoms with E-state index in [0.29, 0.717) is 6.54 Å². The van der Waals surface area contributed by atoms with E-state index in [4.69, 9.17) is 23.2 Å². The van der Waals surface area contributed by atoms with Crippen molar-refractivity contribution in [2.75, 3.05) is 26.7 Å². The predicted molar refractivity (Wildman–Crippen MR) is 132 cm³/mol. The first-order valence-electron chi connectivity index (χ1n) is 10.7. The predicted octanol–water partition coefficient (Wildman–Crippen LogP) is 3.79. The molecular weight excluding hydrogens is 483 g/mol. The molecule has 0 atom stereocenters. The van der Waals surface area contributed by atoms with E-state index < -0.39 is 10.0 Å². The molecule has 0 saturated heterocycles. The molecule has 2 aromatic carbocycles. The number of aliphatic imine (C=N–C) groups is 1. The van der Waals surface area contributed by atoms with Gasteiger partial charge in [0.25, 0.3) is 0 Å². The van der Waals surface area contributed by atoms with Crippen LogP contribution in [0, 0.1) is 0 Å². The third kappa shape index (κ3) is 6.06. The number of carbonyl (C=O) groups is 1. The summed E-state index contributed by atoms with van der Waals surface area (Å²) < 4.78 is 27.7. The highest BCUT2D eigenvalue weighted by Crippen LogP contribution is 2.31. The first-order chi connectivity index (χ1) is 15.6. The van der Waals surface area contributed by atoms with Crippen molar-refractivity contribution in [3.63, 3.8) is 0 Å². The number of nitrogens with one attached hydrogen (secondary N) is 1. The number of nitrogens with zero attached hydrogens (tertiary/aromatic N) is 3. The molecule has 1 amide bonds. The zero-order chi connectivity index (χ0) is 24.2. The van der Waals surface area contributed by atoms with Crippen LogP contribution in [0.4, 0.5) is 0 Å². The van der Waals surface area contributed by atoms with E-state index in [0.717, 1.165) is 30.1 Å². The number of halogens is 2. The highest BCUT2D eigenvalue weighted by Gasteiger charge is 2.30. The molecule has 33 heavy (non-hydrogen) atoms. The molecule has 0 unspecified atom stereocenters. The Balaban J connectivity index is 1.64. The van der Waals surface area contributed by atoms with E-state index >= 15 is 0 Å². The van der Waals surface area contributed by atoms with Crippen LogP contribution >= 0.6 is 23.2 Å². The maximum absolute atomic E-state index is 13.2. The van der Waals surface area contributed by atoms with Gasteiger partial charge in [0.2, 0.25) is 15.9 Å². The van der Waals surface area contributed by atoms with E-state index in [1.165, 1.54) is 16.4 Å². The lowest BCUT2D eigenvalue weighted by Crippen LogP contribution is -2.40. The van der Waals surface area contributed by atoms with Gasteiger partial charge in [0, 0.05) is 44.7 Å². The quantitative estimate of drug-likeness (QED) is 0.556. The maximum atomic E-state index is 13.2. The van der Waals surface area contributed by atoms with Crippen LogP contribution in [0.25, 0.3) is 0 Å². The van der Waals surface area contributed by atoms with Crippen molar-refractivity contribution in [3.05, 3.63) is 63.6 Å². The van der Waals surface area contributed by atoms with Crippen molar-refractivity contribution >= 4 is 45.0 Å². The standard InChI is InChI=1S/C23H28Cl2N4O3S/c1-16(2)29(33(31,32)20-6-4-5-19(24)22(20)25)14-11-21(30)28(3)15-17-7-9-18(10-8-17)23-26-12-13-27-23/h4-10,16H,11-15H2,1-3H3,(H,26,27). The molecular formula is C23H28Cl2N4O3S. The van der Waals surface area contributed by atoms with E-state index in [-0.39, 0.29) is 39.9 Å². The van der Waals surface area contributed by atoms with Crippen LogP contribution in [-0.4, -0.2) is 62.1 Å². The number of benzene rings is 2. The lowest BCUT2D eigenvalue weighted by Gasteiger charge is -2.27. The normalized spacial score (nSPS) is 13.8. The van der Waals surface area contributed by atoms with Gasteiger partial charge in [-0.15, -0.1) is 0 Å². The molecule has 0 fully saturated rings. The van der Waals surface area contributed by atoms with Crippen molar-refractivity contribution < 1.29 is 13.2 Å². The van der Waals surface area contributed by atoms with Gasteiger partial charge in [-0.05, 0) is 31.5 Å². The molecule has 10 heteroatoms. The molecule has 0 bridgehead atoms. The number of amides is 1. The fourth-order valence-corrected chi connectivity index (χ4v) is 5.96. The highest BCUT2D eigenvalue weighted by molar-refractivity contribution is 7.89. The van der Waals surface area contributed by atoms with Crippen molar-refractivity contribution in [2.45, 2.75) is 37.8 Å². The van der Waals surface area contributed by atoms with Crippen LogP contribution in [0.15, 0.2) is 52.4 Å². The molecule has 7 nitrogen and oxygen atoms in total. The minimum absolute atomic E-state index is 0.0181. The third-order valence-electron chi connectivity index (χ3n) is 5.37. The number of amidine groups is 1. The van der Waals surface area contributed by atoms with Gasteiger partial charge < -0.3 is 10.2 Å². The Hall–Kier alpha value is -2.13. The van der Waals surface area contributed by atoms with Crippen LogP contribution in [0.2, 0.25) is 10.0 Å². The fourth-order valence-electron chi connectivity index (χ4n) is 3.58. The molecule has 1 aliphatic rings. The molecule has 1 heterocycles. The number of rotatable bonds is 9. The summed E-state index contributed by atoms with van der Waals surface area (Å²) in [5.74, 6) is 0.736. The molecule has 0 saturated carbocycles. The average Bonchev–Trinajstić information content (AvgIpc) is 3.30. The van der Waals surface area contributed by atoms with Crippen LogP contribution in [0.5, 0.6) is 0 Å². The van der Waals surface area contributed by atoms with Gasteiger partial charge in [0.15, 0.2) is 0 Å². The minimum atomic E-state index is -3.92. The summed E-state index contributed by atoms with van der Waals surface area (Å²) in [5.41, 5.74) is 2.00.